The van der Waals surface area contributed by atoms with Crippen LogP contribution in [0.2, 0.25) is 0 Å². The van der Waals surface area contributed by atoms with Gasteiger partial charge in [0.05, 0.1) is 0 Å². The summed E-state index contributed by atoms with van der Waals surface area (Å²) < 4.78 is 0. The molecule has 15 heavy (non-hydrogen) atoms. The first-order valence-electron chi connectivity index (χ1n) is 5.40. The molecule has 0 aromatic heterocycles. The van der Waals surface area contributed by atoms with Gasteiger partial charge in [0.25, 0.3) is 0 Å². The molecule has 0 spiro atoms. The predicted octanol–water partition coefficient (Wildman–Crippen LogP) is 1.29. The Bertz CT molecular complexity index is 184. The smallest absolute Gasteiger partial charge is 0.208 e. The SMILES string of the molecule is CCCN=C(NN)N(C)C(C)CCSC. The van der Waals surface area contributed by atoms with E-state index in [0.717, 1.165) is 31.1 Å². The van der Waals surface area contributed by atoms with Gasteiger partial charge in [0.1, 0.15) is 0 Å². The molecule has 1 unspecified atom stereocenters. The van der Waals surface area contributed by atoms with E-state index in [2.05, 4.69) is 35.4 Å². The summed E-state index contributed by atoms with van der Waals surface area (Å²) in [5.74, 6) is 7.40. The zero-order valence-corrected chi connectivity index (χ0v) is 11.1. The maximum Gasteiger partial charge on any atom is 0.208 e. The highest BCUT2D eigenvalue weighted by atomic mass is 32.2. The molecule has 0 aromatic carbocycles. The molecule has 0 saturated carbocycles. The van der Waals surface area contributed by atoms with E-state index in [1.165, 1.54) is 0 Å². The van der Waals surface area contributed by atoms with Gasteiger partial charge in [-0.2, -0.15) is 11.8 Å². The lowest BCUT2D eigenvalue weighted by atomic mass is 10.2. The molecule has 0 heterocycles. The number of rotatable bonds is 6. The molecule has 0 fully saturated rings. The molecule has 0 aliphatic rings. The van der Waals surface area contributed by atoms with E-state index in [9.17, 15) is 0 Å². The number of hydrazine groups is 1. The molecule has 0 saturated heterocycles. The molecule has 1 atom stereocenters. The molecule has 0 aliphatic carbocycles. The van der Waals surface area contributed by atoms with Crippen LogP contribution in [0.4, 0.5) is 0 Å². The lowest BCUT2D eigenvalue weighted by Gasteiger charge is -2.27. The van der Waals surface area contributed by atoms with Gasteiger partial charge in [-0.1, -0.05) is 6.92 Å². The van der Waals surface area contributed by atoms with E-state index < -0.39 is 0 Å². The largest absolute Gasteiger partial charge is 0.342 e. The number of nitrogens with zero attached hydrogens (tertiary/aromatic N) is 2. The monoisotopic (exact) mass is 232 g/mol. The summed E-state index contributed by atoms with van der Waals surface area (Å²) in [5.41, 5.74) is 2.66. The van der Waals surface area contributed by atoms with Crippen LogP contribution in [0.25, 0.3) is 0 Å². The van der Waals surface area contributed by atoms with Crippen LogP contribution in [0, 0.1) is 0 Å². The van der Waals surface area contributed by atoms with Gasteiger partial charge < -0.3 is 4.90 Å². The summed E-state index contributed by atoms with van der Waals surface area (Å²) in [6.07, 6.45) is 4.31. The van der Waals surface area contributed by atoms with Crippen LogP contribution in [0.3, 0.4) is 0 Å². The van der Waals surface area contributed by atoms with Crippen molar-refractivity contribution in [3.63, 3.8) is 0 Å². The molecule has 0 radical (unpaired) electrons. The molecule has 5 heteroatoms. The van der Waals surface area contributed by atoms with Gasteiger partial charge in [-0.15, -0.1) is 0 Å². The van der Waals surface area contributed by atoms with Crippen LogP contribution in [0.5, 0.6) is 0 Å². The van der Waals surface area contributed by atoms with Gasteiger partial charge in [-0.25, -0.2) is 5.84 Å². The maximum absolute atomic E-state index is 5.45. The predicted molar refractivity (Wildman–Crippen MR) is 70.1 cm³/mol. The second-order valence-electron chi connectivity index (χ2n) is 3.59. The molecule has 3 N–H and O–H groups in total. The van der Waals surface area contributed by atoms with Gasteiger partial charge in [-0.05, 0) is 31.8 Å². The van der Waals surface area contributed by atoms with E-state index in [-0.39, 0.29) is 0 Å². The first-order chi connectivity index (χ1) is 7.17. The summed E-state index contributed by atoms with van der Waals surface area (Å²) >= 11 is 1.87. The third-order valence-electron chi connectivity index (χ3n) is 2.35. The van der Waals surface area contributed by atoms with Gasteiger partial charge >= 0.3 is 0 Å². The van der Waals surface area contributed by atoms with Crippen molar-refractivity contribution in [2.45, 2.75) is 32.7 Å². The zero-order chi connectivity index (χ0) is 11.7. The van der Waals surface area contributed by atoms with Gasteiger partial charge in [-0.3, -0.25) is 10.4 Å². The molecule has 0 aliphatic heterocycles. The van der Waals surface area contributed by atoms with E-state index >= 15 is 0 Å². The van der Waals surface area contributed by atoms with Crippen molar-refractivity contribution < 1.29 is 0 Å². The molecule has 90 valence electrons. The number of hydrogen-bond donors (Lipinski definition) is 2. The minimum absolute atomic E-state index is 0.462. The molecular weight excluding hydrogens is 208 g/mol. The minimum atomic E-state index is 0.462. The first-order valence-corrected chi connectivity index (χ1v) is 6.79. The van der Waals surface area contributed by atoms with Gasteiger partial charge in [0.2, 0.25) is 5.96 Å². The highest BCUT2D eigenvalue weighted by molar-refractivity contribution is 7.98. The fourth-order valence-corrected chi connectivity index (χ4v) is 1.74. The third kappa shape index (κ3) is 5.89. The molecular formula is C10H24N4S. The number of aliphatic imine (C=N–C) groups is 1. The van der Waals surface area contributed by atoms with Crippen LogP contribution in [0.1, 0.15) is 26.7 Å². The van der Waals surface area contributed by atoms with Gasteiger partial charge in [0.15, 0.2) is 0 Å². The van der Waals surface area contributed by atoms with Crippen molar-refractivity contribution >= 4 is 17.7 Å². The summed E-state index contributed by atoms with van der Waals surface area (Å²) in [6, 6.07) is 0.462. The molecule has 4 nitrogen and oxygen atoms in total. The second kappa shape index (κ2) is 8.85. The Kier molecular flexibility index (Phi) is 8.61. The Morgan fingerprint density at radius 3 is 2.73 bits per heavy atom. The Morgan fingerprint density at radius 2 is 2.27 bits per heavy atom. The van der Waals surface area contributed by atoms with Crippen molar-refractivity contribution in [3.8, 4) is 0 Å². The van der Waals surface area contributed by atoms with E-state index in [0.29, 0.717) is 6.04 Å². The number of nitrogens with two attached hydrogens (primary N) is 1. The van der Waals surface area contributed by atoms with Crippen molar-refractivity contribution in [3.05, 3.63) is 0 Å². The molecule has 0 rings (SSSR count). The number of nitrogens with one attached hydrogen (secondary N) is 1. The van der Waals surface area contributed by atoms with Crippen LogP contribution in [0.15, 0.2) is 4.99 Å². The Morgan fingerprint density at radius 1 is 1.60 bits per heavy atom. The summed E-state index contributed by atoms with van der Waals surface area (Å²) in [4.78, 5) is 6.49. The summed E-state index contributed by atoms with van der Waals surface area (Å²) in [7, 11) is 2.03. The van der Waals surface area contributed by atoms with Crippen LogP contribution in [-0.2, 0) is 0 Å². The lowest BCUT2D eigenvalue weighted by Crippen LogP contribution is -2.46. The number of thioether (sulfide) groups is 1. The average Bonchev–Trinajstić information content (AvgIpc) is 2.26. The number of guanidine groups is 1. The van der Waals surface area contributed by atoms with Crippen LogP contribution >= 0.6 is 11.8 Å². The molecule has 0 bridgehead atoms. The topological polar surface area (TPSA) is 53.6 Å². The fourth-order valence-electron chi connectivity index (χ4n) is 1.17. The van der Waals surface area contributed by atoms with Crippen LogP contribution < -0.4 is 11.3 Å². The molecule has 0 aromatic rings. The quantitative estimate of drug-likeness (QED) is 0.314. The fraction of sp³-hybridized carbons (Fsp3) is 0.900. The van der Waals surface area contributed by atoms with Gasteiger partial charge in [0, 0.05) is 19.6 Å². The van der Waals surface area contributed by atoms with Crippen LogP contribution in [-0.4, -0.2) is 42.5 Å². The molecule has 0 amide bonds. The second-order valence-corrected chi connectivity index (χ2v) is 4.58. The highest BCUT2D eigenvalue weighted by Crippen LogP contribution is 2.06. The van der Waals surface area contributed by atoms with Crippen molar-refractivity contribution in [2.75, 3.05) is 25.6 Å². The standard InChI is InChI=1S/C10H24N4S/c1-5-7-12-10(13-11)14(3)9(2)6-8-15-4/h9H,5-8,11H2,1-4H3,(H,12,13). The Labute approximate surface area is 97.7 Å². The van der Waals surface area contributed by atoms with Crippen molar-refractivity contribution in [1.29, 1.82) is 0 Å². The maximum atomic E-state index is 5.45. The first kappa shape index (κ1) is 14.6. The minimum Gasteiger partial charge on any atom is -0.342 e. The van der Waals surface area contributed by atoms with Crippen molar-refractivity contribution in [2.24, 2.45) is 10.8 Å². The third-order valence-corrected chi connectivity index (χ3v) is 2.99. The summed E-state index contributed by atoms with van der Waals surface area (Å²) in [6.45, 7) is 5.11. The van der Waals surface area contributed by atoms with E-state index in [1.807, 2.05) is 18.8 Å². The van der Waals surface area contributed by atoms with E-state index in [4.69, 9.17) is 5.84 Å². The average molecular weight is 232 g/mol. The zero-order valence-electron chi connectivity index (χ0n) is 10.3. The Balaban J connectivity index is 4.17. The Hall–Kier alpha value is -0.420. The normalized spacial score (nSPS) is 13.8. The van der Waals surface area contributed by atoms with Crippen molar-refractivity contribution in [1.82, 2.24) is 10.3 Å². The highest BCUT2D eigenvalue weighted by Gasteiger charge is 2.11. The summed E-state index contributed by atoms with van der Waals surface area (Å²) in [5, 5.41) is 0. The van der Waals surface area contributed by atoms with E-state index in [1.54, 1.807) is 0 Å². The number of hydrogen-bond acceptors (Lipinski definition) is 3. The lowest BCUT2D eigenvalue weighted by molar-refractivity contribution is 0.369.